The van der Waals surface area contributed by atoms with E-state index in [1.165, 1.54) is 17.3 Å². The molecule has 0 radical (unpaired) electrons. The summed E-state index contributed by atoms with van der Waals surface area (Å²) in [5.41, 5.74) is 3.16. The molecular weight excluding hydrogens is 517 g/mol. The molecule has 9 heteroatoms. The van der Waals surface area contributed by atoms with Crippen molar-refractivity contribution in [2.75, 3.05) is 31.1 Å². The molecule has 0 unspecified atom stereocenters. The summed E-state index contributed by atoms with van der Waals surface area (Å²) >= 11 is 0. The normalized spacial score (nSPS) is 15.9. The van der Waals surface area contributed by atoms with E-state index >= 15 is 0 Å². The number of hydrogen-bond donors (Lipinski definition) is 1. The highest BCUT2D eigenvalue weighted by atomic mass is 32.2. The number of carbonyl (C=O) groups excluding carboxylic acids is 1. The van der Waals surface area contributed by atoms with Gasteiger partial charge in [-0.05, 0) is 48.2 Å². The van der Waals surface area contributed by atoms with Gasteiger partial charge < -0.3 is 10.0 Å². The molecule has 0 spiro atoms. The van der Waals surface area contributed by atoms with Crippen LogP contribution in [0.25, 0.3) is 0 Å². The van der Waals surface area contributed by atoms with Crippen LogP contribution in [-0.2, 0) is 34.3 Å². The number of anilines is 1. The van der Waals surface area contributed by atoms with Gasteiger partial charge in [-0.25, -0.2) is 12.8 Å². The standard InChI is InChI=1S/C30H36FN3O4S/c1-3-8-24-13-15-27(16-14-24)39(37,38)33-17-7-18-34(23(2)35)29-12-5-4-9-25(29)21-32(19-20-33)22-26-10-6-11-28(31)30(26)36/h4-6,9-16,36H,3,7-8,17-22H2,1-2H3. The van der Waals surface area contributed by atoms with E-state index in [-0.39, 0.29) is 30.4 Å². The molecule has 1 amide bonds. The van der Waals surface area contributed by atoms with E-state index in [1.807, 2.05) is 41.3 Å². The Morgan fingerprint density at radius 1 is 0.949 bits per heavy atom. The molecule has 0 atom stereocenters. The highest BCUT2D eigenvalue weighted by Crippen LogP contribution is 2.27. The monoisotopic (exact) mass is 553 g/mol. The van der Waals surface area contributed by atoms with Crippen molar-refractivity contribution in [3.8, 4) is 5.75 Å². The SMILES string of the molecule is CCCc1ccc(S(=O)(=O)N2CCCN(C(C)=O)c3ccccc3CN(Cc3cccc(F)c3O)CC2)cc1. The molecule has 0 aromatic heterocycles. The summed E-state index contributed by atoms with van der Waals surface area (Å²) in [5.74, 6) is -1.25. The van der Waals surface area contributed by atoms with Crippen LogP contribution in [0.4, 0.5) is 10.1 Å². The molecule has 0 aliphatic carbocycles. The summed E-state index contributed by atoms with van der Waals surface area (Å²) < 4.78 is 43.1. The number of amides is 1. The summed E-state index contributed by atoms with van der Waals surface area (Å²) in [6.45, 7) is 5.34. The van der Waals surface area contributed by atoms with Crippen LogP contribution in [0.3, 0.4) is 0 Å². The van der Waals surface area contributed by atoms with E-state index in [0.29, 0.717) is 31.6 Å². The third kappa shape index (κ3) is 6.84. The summed E-state index contributed by atoms with van der Waals surface area (Å²) in [4.78, 5) is 16.6. The Morgan fingerprint density at radius 3 is 2.41 bits per heavy atom. The lowest BCUT2D eigenvalue weighted by Gasteiger charge is -2.28. The smallest absolute Gasteiger partial charge is 0.243 e. The summed E-state index contributed by atoms with van der Waals surface area (Å²) in [6.07, 6.45) is 2.32. The number of phenols is 1. The van der Waals surface area contributed by atoms with Crippen molar-refractivity contribution in [2.24, 2.45) is 0 Å². The average molecular weight is 554 g/mol. The number of hydrogen-bond acceptors (Lipinski definition) is 5. The van der Waals surface area contributed by atoms with Gasteiger partial charge in [0, 0.05) is 57.4 Å². The van der Waals surface area contributed by atoms with Crippen LogP contribution in [0.1, 0.15) is 43.4 Å². The molecule has 1 N–H and O–H groups in total. The molecule has 4 rings (SSSR count). The van der Waals surface area contributed by atoms with Gasteiger partial charge in [0.05, 0.1) is 4.90 Å². The van der Waals surface area contributed by atoms with E-state index in [9.17, 15) is 22.7 Å². The molecule has 7 nitrogen and oxygen atoms in total. The molecule has 3 aromatic carbocycles. The number of aryl methyl sites for hydroxylation is 1. The van der Waals surface area contributed by atoms with Gasteiger partial charge in [-0.15, -0.1) is 0 Å². The Bertz CT molecular complexity index is 1400. The first-order valence-corrected chi connectivity index (χ1v) is 14.8. The van der Waals surface area contributed by atoms with Crippen LogP contribution in [0, 0.1) is 5.82 Å². The number of fused-ring (bicyclic) bond motifs is 1. The van der Waals surface area contributed by atoms with Crippen molar-refractivity contribution < 1.29 is 22.7 Å². The van der Waals surface area contributed by atoms with E-state index in [4.69, 9.17) is 0 Å². The van der Waals surface area contributed by atoms with Crippen molar-refractivity contribution >= 4 is 21.6 Å². The number of halogens is 1. The predicted molar refractivity (Wildman–Crippen MR) is 150 cm³/mol. The first kappa shape index (κ1) is 28.7. The lowest BCUT2D eigenvalue weighted by Crippen LogP contribution is -2.39. The highest BCUT2D eigenvalue weighted by Gasteiger charge is 2.27. The number of aromatic hydroxyl groups is 1. The van der Waals surface area contributed by atoms with Gasteiger partial charge >= 0.3 is 0 Å². The molecule has 39 heavy (non-hydrogen) atoms. The third-order valence-corrected chi connectivity index (χ3v) is 8.99. The summed E-state index contributed by atoms with van der Waals surface area (Å²) in [7, 11) is -3.80. The van der Waals surface area contributed by atoms with Crippen LogP contribution < -0.4 is 4.90 Å². The minimum Gasteiger partial charge on any atom is -0.505 e. The van der Waals surface area contributed by atoms with Gasteiger partial charge in [-0.1, -0.05) is 55.8 Å². The molecule has 208 valence electrons. The number of para-hydroxylation sites is 2. The van der Waals surface area contributed by atoms with Crippen molar-refractivity contribution in [3.63, 3.8) is 0 Å². The third-order valence-electron chi connectivity index (χ3n) is 7.08. The van der Waals surface area contributed by atoms with Crippen LogP contribution in [0.2, 0.25) is 0 Å². The number of nitrogens with zero attached hydrogens (tertiary/aromatic N) is 3. The highest BCUT2D eigenvalue weighted by molar-refractivity contribution is 7.89. The topological polar surface area (TPSA) is 81.2 Å². The molecule has 1 heterocycles. The second-order valence-electron chi connectivity index (χ2n) is 9.91. The molecule has 3 aromatic rings. The van der Waals surface area contributed by atoms with Gasteiger partial charge in [0.2, 0.25) is 15.9 Å². The molecule has 1 aliphatic heterocycles. The number of rotatable bonds is 6. The number of sulfonamides is 1. The zero-order valence-corrected chi connectivity index (χ0v) is 23.3. The Morgan fingerprint density at radius 2 is 1.69 bits per heavy atom. The first-order chi connectivity index (χ1) is 18.7. The van der Waals surface area contributed by atoms with Crippen molar-refractivity contribution in [3.05, 3.63) is 89.2 Å². The predicted octanol–water partition coefficient (Wildman–Crippen LogP) is 4.93. The molecule has 0 bridgehead atoms. The summed E-state index contributed by atoms with van der Waals surface area (Å²) in [5, 5.41) is 10.3. The zero-order chi connectivity index (χ0) is 28.0. The Balaban J connectivity index is 1.69. The van der Waals surface area contributed by atoms with Crippen LogP contribution >= 0.6 is 0 Å². The van der Waals surface area contributed by atoms with Gasteiger partial charge in [-0.3, -0.25) is 9.69 Å². The fourth-order valence-corrected chi connectivity index (χ4v) is 6.48. The van der Waals surface area contributed by atoms with Gasteiger partial charge in [-0.2, -0.15) is 4.31 Å². The van der Waals surface area contributed by atoms with Crippen LogP contribution in [-0.4, -0.2) is 54.8 Å². The quantitative estimate of drug-likeness (QED) is 0.468. The maximum atomic E-state index is 14.1. The van der Waals surface area contributed by atoms with Crippen molar-refractivity contribution in [2.45, 2.75) is 51.1 Å². The lowest BCUT2D eigenvalue weighted by molar-refractivity contribution is -0.116. The largest absolute Gasteiger partial charge is 0.505 e. The zero-order valence-electron chi connectivity index (χ0n) is 22.5. The second-order valence-corrected chi connectivity index (χ2v) is 11.8. The van der Waals surface area contributed by atoms with Crippen LogP contribution in [0.5, 0.6) is 5.75 Å². The maximum absolute atomic E-state index is 14.1. The fourth-order valence-electron chi connectivity index (χ4n) is 5.01. The maximum Gasteiger partial charge on any atom is 0.243 e. The number of phenolic OH excluding ortho intramolecular Hbond substituents is 1. The van der Waals surface area contributed by atoms with Gasteiger partial charge in [0.25, 0.3) is 0 Å². The van der Waals surface area contributed by atoms with E-state index in [1.54, 1.807) is 29.2 Å². The molecule has 0 saturated carbocycles. The minimum atomic E-state index is -3.80. The van der Waals surface area contributed by atoms with E-state index in [0.717, 1.165) is 29.7 Å². The minimum absolute atomic E-state index is 0.128. The Kier molecular flexibility index (Phi) is 9.37. The first-order valence-electron chi connectivity index (χ1n) is 13.3. The van der Waals surface area contributed by atoms with Crippen molar-refractivity contribution in [1.29, 1.82) is 0 Å². The van der Waals surface area contributed by atoms with E-state index < -0.39 is 21.6 Å². The van der Waals surface area contributed by atoms with Crippen molar-refractivity contribution in [1.82, 2.24) is 9.21 Å². The molecule has 1 aliphatic rings. The Labute approximate surface area is 230 Å². The molecule has 0 fully saturated rings. The molecule has 0 saturated heterocycles. The average Bonchev–Trinajstić information content (AvgIpc) is 2.94. The Hall–Kier alpha value is -3.27. The summed E-state index contributed by atoms with van der Waals surface area (Å²) in [6, 6.07) is 19.0. The fraction of sp³-hybridized carbons (Fsp3) is 0.367. The number of carbonyl (C=O) groups is 1. The lowest BCUT2D eigenvalue weighted by atomic mass is 10.1. The van der Waals surface area contributed by atoms with E-state index in [2.05, 4.69) is 6.92 Å². The second kappa shape index (κ2) is 12.7. The number of benzene rings is 3. The van der Waals surface area contributed by atoms with Gasteiger partial charge in [0.1, 0.15) is 0 Å². The molecular formula is C30H36FN3O4S. The van der Waals surface area contributed by atoms with Gasteiger partial charge in [0.15, 0.2) is 11.6 Å². The van der Waals surface area contributed by atoms with Crippen LogP contribution in [0.15, 0.2) is 71.6 Å².